The monoisotopic (exact) mass is 304 g/mol. The number of rotatable bonds is 3. The highest BCUT2D eigenvalue weighted by atomic mass is 16.5. The summed E-state index contributed by atoms with van der Waals surface area (Å²) in [6.45, 7) is 2.64. The van der Waals surface area contributed by atoms with Crippen LogP contribution in [0.15, 0.2) is 24.3 Å². The second-order valence-corrected chi connectivity index (χ2v) is 6.25. The Labute approximate surface area is 131 Å². The van der Waals surface area contributed by atoms with Gasteiger partial charge in [0.05, 0.1) is 12.6 Å². The summed E-state index contributed by atoms with van der Waals surface area (Å²) in [5, 5.41) is 0. The molecule has 5 heteroatoms. The molecule has 1 atom stereocenters. The Bertz CT molecular complexity index is 540. The van der Waals surface area contributed by atoms with Crippen LogP contribution in [-0.4, -0.2) is 49.8 Å². The smallest absolute Gasteiger partial charge is 0.242 e. The summed E-state index contributed by atoms with van der Waals surface area (Å²) in [6.07, 6.45) is 2.18. The van der Waals surface area contributed by atoms with Gasteiger partial charge in [0.1, 0.15) is 5.75 Å². The van der Waals surface area contributed by atoms with Crippen molar-refractivity contribution in [3.05, 3.63) is 29.8 Å². The molecule has 5 nitrogen and oxygen atoms in total. The lowest BCUT2D eigenvalue weighted by atomic mass is 9.89. The average molecular weight is 304 g/mol. The fraction of sp³-hybridized carbons (Fsp3) is 0.588. The summed E-state index contributed by atoms with van der Waals surface area (Å²) in [6, 6.07) is 8.05. The third-order valence-electron chi connectivity index (χ3n) is 4.87. The molecule has 1 aromatic rings. The molecule has 120 valence electrons. The maximum absolute atomic E-state index is 12.8. The zero-order valence-electron chi connectivity index (χ0n) is 13.1. The number of ether oxygens (including phenoxy) is 2. The number of methoxy groups -OCH3 is 1. The summed E-state index contributed by atoms with van der Waals surface area (Å²) < 4.78 is 10.8. The molecule has 2 aliphatic heterocycles. The molecule has 22 heavy (non-hydrogen) atoms. The molecule has 1 aromatic carbocycles. The van der Waals surface area contributed by atoms with Crippen LogP contribution in [0, 0.1) is 0 Å². The van der Waals surface area contributed by atoms with Gasteiger partial charge in [-0.2, -0.15) is 0 Å². The number of nitrogens with two attached hydrogens (primary N) is 1. The quantitative estimate of drug-likeness (QED) is 0.919. The number of amides is 1. The van der Waals surface area contributed by atoms with E-state index in [9.17, 15) is 4.79 Å². The molecular formula is C17H24N2O3. The van der Waals surface area contributed by atoms with E-state index < -0.39 is 5.54 Å². The van der Waals surface area contributed by atoms with Crippen molar-refractivity contribution >= 4 is 5.91 Å². The predicted molar refractivity (Wildman–Crippen MR) is 83.9 cm³/mol. The molecule has 1 unspecified atom stereocenters. The molecule has 0 bridgehead atoms. The Hall–Kier alpha value is -1.59. The number of para-hydroxylation sites is 1. The topological polar surface area (TPSA) is 64.8 Å². The van der Waals surface area contributed by atoms with Gasteiger partial charge in [-0.15, -0.1) is 0 Å². The van der Waals surface area contributed by atoms with Crippen LogP contribution in [0.4, 0.5) is 0 Å². The molecule has 0 saturated carbocycles. The first-order valence-corrected chi connectivity index (χ1v) is 7.93. The van der Waals surface area contributed by atoms with Crippen molar-refractivity contribution in [1.82, 2.24) is 4.90 Å². The SMILES string of the molecule is COc1ccccc1C1CCN(C(=O)C2(N)CCOCC2)C1. The van der Waals surface area contributed by atoms with Crippen LogP contribution in [0.1, 0.15) is 30.7 Å². The Morgan fingerprint density at radius 1 is 1.36 bits per heavy atom. The molecule has 2 saturated heterocycles. The number of carbonyl (C=O) groups excluding carboxylic acids is 1. The molecule has 0 spiro atoms. The summed E-state index contributed by atoms with van der Waals surface area (Å²) in [7, 11) is 1.69. The van der Waals surface area contributed by atoms with Gasteiger partial charge in [-0.3, -0.25) is 4.79 Å². The first-order chi connectivity index (χ1) is 10.6. The third kappa shape index (κ3) is 2.83. The van der Waals surface area contributed by atoms with Crippen LogP contribution in [0.25, 0.3) is 0 Å². The predicted octanol–water partition coefficient (Wildman–Crippen LogP) is 1.52. The van der Waals surface area contributed by atoms with Crippen molar-refractivity contribution in [1.29, 1.82) is 0 Å². The van der Waals surface area contributed by atoms with Gasteiger partial charge in [0.25, 0.3) is 0 Å². The fourth-order valence-corrected chi connectivity index (χ4v) is 3.47. The van der Waals surface area contributed by atoms with E-state index in [0.29, 0.717) is 32.0 Å². The first kappa shape index (κ1) is 15.3. The van der Waals surface area contributed by atoms with Gasteiger partial charge < -0.3 is 20.1 Å². The van der Waals surface area contributed by atoms with Crippen LogP contribution in [-0.2, 0) is 9.53 Å². The van der Waals surface area contributed by atoms with Crippen LogP contribution in [0.3, 0.4) is 0 Å². The molecule has 0 aromatic heterocycles. The van der Waals surface area contributed by atoms with Crippen LogP contribution < -0.4 is 10.5 Å². The van der Waals surface area contributed by atoms with Crippen molar-refractivity contribution in [2.45, 2.75) is 30.7 Å². The Kier molecular flexibility index (Phi) is 4.36. The minimum atomic E-state index is -0.742. The highest BCUT2D eigenvalue weighted by Crippen LogP contribution is 2.34. The summed E-state index contributed by atoms with van der Waals surface area (Å²) in [5.41, 5.74) is 6.76. The maximum atomic E-state index is 12.8. The summed E-state index contributed by atoms with van der Waals surface area (Å²) in [5.74, 6) is 1.30. The minimum Gasteiger partial charge on any atom is -0.496 e. The normalized spacial score (nSPS) is 24.3. The lowest BCUT2D eigenvalue weighted by Crippen LogP contribution is -2.57. The summed E-state index contributed by atoms with van der Waals surface area (Å²) >= 11 is 0. The van der Waals surface area contributed by atoms with Crippen molar-refractivity contribution in [2.75, 3.05) is 33.4 Å². The second-order valence-electron chi connectivity index (χ2n) is 6.25. The summed E-state index contributed by atoms with van der Waals surface area (Å²) in [4.78, 5) is 14.7. The van der Waals surface area contributed by atoms with Gasteiger partial charge in [-0.25, -0.2) is 0 Å². The fourth-order valence-electron chi connectivity index (χ4n) is 3.47. The molecule has 1 amide bonds. The van der Waals surface area contributed by atoms with E-state index in [1.165, 1.54) is 5.56 Å². The number of nitrogens with zero attached hydrogens (tertiary/aromatic N) is 1. The van der Waals surface area contributed by atoms with E-state index in [1.54, 1.807) is 7.11 Å². The Morgan fingerprint density at radius 2 is 2.09 bits per heavy atom. The highest BCUT2D eigenvalue weighted by Gasteiger charge is 2.41. The van der Waals surface area contributed by atoms with E-state index >= 15 is 0 Å². The largest absolute Gasteiger partial charge is 0.496 e. The van der Waals surface area contributed by atoms with E-state index in [-0.39, 0.29) is 5.91 Å². The zero-order chi connectivity index (χ0) is 15.6. The molecule has 3 rings (SSSR count). The van der Waals surface area contributed by atoms with Crippen molar-refractivity contribution in [2.24, 2.45) is 5.73 Å². The van der Waals surface area contributed by atoms with Crippen molar-refractivity contribution in [3.63, 3.8) is 0 Å². The number of hydrogen-bond acceptors (Lipinski definition) is 4. The van der Waals surface area contributed by atoms with Gasteiger partial charge >= 0.3 is 0 Å². The minimum absolute atomic E-state index is 0.0770. The molecule has 2 fully saturated rings. The zero-order valence-corrected chi connectivity index (χ0v) is 13.1. The van der Waals surface area contributed by atoms with Crippen molar-refractivity contribution < 1.29 is 14.3 Å². The Morgan fingerprint density at radius 3 is 2.82 bits per heavy atom. The first-order valence-electron chi connectivity index (χ1n) is 7.93. The standard InChI is InChI=1S/C17H24N2O3/c1-21-15-5-3-2-4-14(15)13-6-9-19(12-13)16(20)17(18)7-10-22-11-8-17/h2-5,13H,6-12,18H2,1H3. The molecule has 0 radical (unpaired) electrons. The average Bonchev–Trinajstić information content (AvgIpc) is 3.04. The lowest BCUT2D eigenvalue weighted by molar-refractivity contribution is -0.139. The van der Waals surface area contributed by atoms with Crippen LogP contribution >= 0.6 is 0 Å². The maximum Gasteiger partial charge on any atom is 0.242 e. The molecule has 2 aliphatic rings. The number of benzene rings is 1. The molecular weight excluding hydrogens is 280 g/mol. The molecule has 0 aliphatic carbocycles. The molecule has 2 heterocycles. The van der Waals surface area contributed by atoms with E-state index in [1.807, 2.05) is 23.1 Å². The van der Waals surface area contributed by atoms with Gasteiger partial charge in [0, 0.05) is 32.2 Å². The number of likely N-dealkylation sites (tertiary alicyclic amines) is 1. The second kappa shape index (κ2) is 6.26. The lowest BCUT2D eigenvalue weighted by Gasteiger charge is -2.35. The van der Waals surface area contributed by atoms with E-state index in [0.717, 1.165) is 25.3 Å². The highest BCUT2D eigenvalue weighted by molar-refractivity contribution is 5.86. The third-order valence-corrected chi connectivity index (χ3v) is 4.87. The van der Waals surface area contributed by atoms with Crippen molar-refractivity contribution in [3.8, 4) is 5.75 Å². The number of carbonyl (C=O) groups is 1. The Balaban J connectivity index is 1.70. The van der Waals surface area contributed by atoms with Gasteiger partial charge in [-0.05, 0) is 30.9 Å². The van der Waals surface area contributed by atoms with Gasteiger partial charge in [0.2, 0.25) is 5.91 Å². The number of hydrogen-bond donors (Lipinski definition) is 1. The van der Waals surface area contributed by atoms with Gasteiger partial charge in [-0.1, -0.05) is 18.2 Å². The van der Waals surface area contributed by atoms with E-state index in [2.05, 4.69) is 6.07 Å². The van der Waals surface area contributed by atoms with Crippen LogP contribution in [0.2, 0.25) is 0 Å². The molecule has 2 N–H and O–H groups in total. The van der Waals surface area contributed by atoms with Gasteiger partial charge in [0.15, 0.2) is 0 Å². The van der Waals surface area contributed by atoms with E-state index in [4.69, 9.17) is 15.2 Å². The van der Waals surface area contributed by atoms with Crippen LogP contribution in [0.5, 0.6) is 5.75 Å².